The second kappa shape index (κ2) is 6.01. The summed E-state index contributed by atoms with van der Waals surface area (Å²) < 4.78 is 5.30. The van der Waals surface area contributed by atoms with Crippen LogP contribution in [0.1, 0.15) is 11.4 Å². The van der Waals surface area contributed by atoms with E-state index in [-0.39, 0.29) is 0 Å². The van der Waals surface area contributed by atoms with Gasteiger partial charge in [0.25, 0.3) is 5.89 Å². The van der Waals surface area contributed by atoms with Gasteiger partial charge in [-0.15, -0.1) is 11.8 Å². The van der Waals surface area contributed by atoms with Gasteiger partial charge in [0.15, 0.2) is 5.82 Å². The van der Waals surface area contributed by atoms with Gasteiger partial charge in [0, 0.05) is 10.6 Å². The average Bonchev–Trinajstić information content (AvgIpc) is 2.96. The highest BCUT2D eigenvalue weighted by Gasteiger charge is 2.11. The topological polar surface area (TPSA) is 64.9 Å². The van der Waals surface area contributed by atoms with Crippen LogP contribution in [0.2, 0.25) is 0 Å². The maximum absolute atomic E-state index is 5.91. The number of hydrogen-bond acceptors (Lipinski definition) is 5. The van der Waals surface area contributed by atoms with Gasteiger partial charge >= 0.3 is 0 Å². The Balaban J connectivity index is 1.74. The highest BCUT2D eigenvalue weighted by Crippen LogP contribution is 2.27. The lowest BCUT2D eigenvalue weighted by Gasteiger charge is -2.02. The van der Waals surface area contributed by atoms with Crippen molar-refractivity contribution < 1.29 is 4.52 Å². The van der Waals surface area contributed by atoms with E-state index in [2.05, 4.69) is 29.2 Å². The molecule has 1 aromatic heterocycles. The van der Waals surface area contributed by atoms with Gasteiger partial charge in [0.1, 0.15) is 0 Å². The van der Waals surface area contributed by atoms with Gasteiger partial charge in [-0.05, 0) is 30.7 Å². The van der Waals surface area contributed by atoms with Crippen LogP contribution in [-0.4, -0.2) is 10.1 Å². The average molecular weight is 297 g/mol. The molecule has 0 aliphatic carbocycles. The molecule has 2 aromatic carbocycles. The van der Waals surface area contributed by atoms with Crippen molar-refractivity contribution in [2.75, 3.05) is 5.73 Å². The van der Waals surface area contributed by atoms with Crippen molar-refractivity contribution in [3.63, 3.8) is 0 Å². The zero-order valence-corrected chi connectivity index (χ0v) is 12.4. The van der Waals surface area contributed by atoms with Gasteiger partial charge in [0.2, 0.25) is 0 Å². The first-order valence-corrected chi connectivity index (χ1v) is 7.58. The largest absolute Gasteiger partial charge is 0.398 e. The number of para-hydroxylation sites is 1. The monoisotopic (exact) mass is 297 g/mol. The van der Waals surface area contributed by atoms with E-state index in [0.29, 0.717) is 23.2 Å². The molecule has 0 radical (unpaired) electrons. The predicted molar refractivity (Wildman–Crippen MR) is 84.9 cm³/mol. The van der Waals surface area contributed by atoms with Crippen LogP contribution in [0, 0.1) is 6.92 Å². The first-order chi connectivity index (χ1) is 10.2. The Labute approximate surface area is 127 Å². The van der Waals surface area contributed by atoms with E-state index < -0.39 is 0 Å². The summed E-state index contributed by atoms with van der Waals surface area (Å²) in [6, 6.07) is 15.7. The zero-order valence-electron chi connectivity index (χ0n) is 11.6. The number of aryl methyl sites for hydroxylation is 1. The number of nitrogens with two attached hydrogens (primary N) is 1. The van der Waals surface area contributed by atoms with Crippen molar-refractivity contribution in [2.24, 2.45) is 0 Å². The fourth-order valence-electron chi connectivity index (χ4n) is 1.97. The van der Waals surface area contributed by atoms with E-state index in [1.807, 2.05) is 36.4 Å². The maximum Gasteiger partial charge on any atom is 0.260 e. The summed E-state index contributed by atoms with van der Waals surface area (Å²) in [5.74, 6) is 1.80. The first-order valence-electron chi connectivity index (χ1n) is 6.60. The number of aromatic nitrogens is 2. The Morgan fingerprint density at radius 2 is 1.86 bits per heavy atom. The summed E-state index contributed by atoms with van der Waals surface area (Å²) in [5.41, 5.74) is 8.58. The van der Waals surface area contributed by atoms with Gasteiger partial charge in [0.05, 0.1) is 11.3 Å². The molecule has 5 heteroatoms. The normalized spacial score (nSPS) is 10.7. The summed E-state index contributed by atoms with van der Waals surface area (Å²) in [5, 5.41) is 4.02. The van der Waals surface area contributed by atoms with E-state index in [9.17, 15) is 0 Å². The molecule has 4 nitrogen and oxygen atoms in total. The molecule has 0 fully saturated rings. The molecule has 1 heterocycles. The van der Waals surface area contributed by atoms with Crippen LogP contribution in [-0.2, 0) is 5.75 Å². The Morgan fingerprint density at radius 1 is 1.10 bits per heavy atom. The molecule has 3 aromatic rings. The Bertz CT molecular complexity index is 755. The SMILES string of the molecule is Cc1ccccc1SCc1noc(-c2ccccc2N)n1. The van der Waals surface area contributed by atoms with Crippen molar-refractivity contribution in [3.8, 4) is 11.5 Å². The molecule has 0 aliphatic heterocycles. The van der Waals surface area contributed by atoms with Crippen molar-refractivity contribution in [1.29, 1.82) is 0 Å². The third-order valence-electron chi connectivity index (χ3n) is 3.11. The number of nitrogen functional groups attached to an aromatic ring is 1. The Hall–Kier alpha value is -2.27. The van der Waals surface area contributed by atoms with Crippen LogP contribution in [0.15, 0.2) is 57.9 Å². The fraction of sp³-hybridized carbons (Fsp3) is 0.125. The van der Waals surface area contributed by atoms with Crippen LogP contribution in [0.5, 0.6) is 0 Å². The fourth-order valence-corrected chi connectivity index (χ4v) is 2.85. The lowest BCUT2D eigenvalue weighted by atomic mass is 10.2. The molecule has 21 heavy (non-hydrogen) atoms. The van der Waals surface area contributed by atoms with Crippen LogP contribution >= 0.6 is 11.8 Å². The van der Waals surface area contributed by atoms with Gasteiger partial charge < -0.3 is 10.3 Å². The van der Waals surface area contributed by atoms with Crippen molar-refractivity contribution in [1.82, 2.24) is 10.1 Å². The maximum atomic E-state index is 5.91. The lowest BCUT2D eigenvalue weighted by Crippen LogP contribution is -1.90. The van der Waals surface area contributed by atoms with Crippen molar-refractivity contribution in [3.05, 3.63) is 59.9 Å². The number of rotatable bonds is 4. The molecule has 0 aliphatic rings. The number of hydrogen-bond donors (Lipinski definition) is 1. The Kier molecular flexibility index (Phi) is 3.92. The lowest BCUT2D eigenvalue weighted by molar-refractivity contribution is 0.425. The third kappa shape index (κ3) is 3.08. The van der Waals surface area contributed by atoms with Crippen molar-refractivity contribution in [2.45, 2.75) is 17.6 Å². The first kappa shape index (κ1) is 13.7. The van der Waals surface area contributed by atoms with Crippen LogP contribution in [0.3, 0.4) is 0 Å². The molecule has 0 unspecified atom stereocenters. The van der Waals surface area contributed by atoms with E-state index in [0.717, 1.165) is 5.56 Å². The van der Waals surface area contributed by atoms with Crippen LogP contribution < -0.4 is 5.73 Å². The molecular weight excluding hydrogens is 282 g/mol. The molecule has 0 atom stereocenters. The number of nitrogens with zero attached hydrogens (tertiary/aromatic N) is 2. The van der Waals surface area contributed by atoms with Crippen LogP contribution in [0.4, 0.5) is 5.69 Å². The molecule has 2 N–H and O–H groups in total. The standard InChI is InChI=1S/C16H15N3OS/c1-11-6-2-5-9-14(11)21-10-15-18-16(20-19-15)12-7-3-4-8-13(12)17/h2-9H,10,17H2,1H3. The second-order valence-electron chi connectivity index (χ2n) is 4.66. The van der Waals surface area contributed by atoms with Gasteiger partial charge in [-0.1, -0.05) is 35.5 Å². The minimum absolute atomic E-state index is 0.466. The number of anilines is 1. The molecule has 0 bridgehead atoms. The molecule has 0 spiro atoms. The summed E-state index contributed by atoms with van der Waals surface area (Å²) in [6.45, 7) is 2.09. The molecule has 0 amide bonds. The van der Waals surface area contributed by atoms with Gasteiger partial charge in [-0.3, -0.25) is 0 Å². The molecule has 0 saturated heterocycles. The van der Waals surface area contributed by atoms with Gasteiger partial charge in [-0.2, -0.15) is 4.98 Å². The van der Waals surface area contributed by atoms with Crippen molar-refractivity contribution >= 4 is 17.4 Å². The number of benzene rings is 2. The summed E-state index contributed by atoms with van der Waals surface area (Å²) in [7, 11) is 0. The molecule has 3 rings (SSSR count). The van der Waals surface area contributed by atoms with E-state index >= 15 is 0 Å². The van der Waals surface area contributed by atoms with E-state index in [1.165, 1.54) is 10.5 Å². The summed E-state index contributed by atoms with van der Waals surface area (Å²) in [4.78, 5) is 5.63. The van der Waals surface area contributed by atoms with Crippen LogP contribution in [0.25, 0.3) is 11.5 Å². The smallest absolute Gasteiger partial charge is 0.260 e. The number of thioether (sulfide) groups is 1. The molecule has 0 saturated carbocycles. The Morgan fingerprint density at radius 3 is 2.67 bits per heavy atom. The third-order valence-corrected chi connectivity index (χ3v) is 4.28. The minimum Gasteiger partial charge on any atom is -0.398 e. The zero-order chi connectivity index (χ0) is 14.7. The quantitative estimate of drug-likeness (QED) is 0.584. The summed E-state index contributed by atoms with van der Waals surface area (Å²) in [6.07, 6.45) is 0. The second-order valence-corrected chi connectivity index (χ2v) is 5.67. The van der Waals surface area contributed by atoms with E-state index in [4.69, 9.17) is 10.3 Å². The summed E-state index contributed by atoms with van der Waals surface area (Å²) >= 11 is 1.70. The van der Waals surface area contributed by atoms with E-state index in [1.54, 1.807) is 11.8 Å². The molecular formula is C16H15N3OS. The highest BCUT2D eigenvalue weighted by atomic mass is 32.2. The van der Waals surface area contributed by atoms with Gasteiger partial charge in [-0.25, -0.2) is 0 Å². The highest BCUT2D eigenvalue weighted by molar-refractivity contribution is 7.98. The molecule has 106 valence electrons. The minimum atomic E-state index is 0.466. The predicted octanol–water partition coefficient (Wildman–Crippen LogP) is 3.92.